The molecule has 0 unspecified atom stereocenters. The van der Waals surface area contributed by atoms with Crippen LogP contribution in [0.25, 0.3) is 11.0 Å². The lowest BCUT2D eigenvalue weighted by Gasteiger charge is -2.10. The Bertz CT molecular complexity index is 1090. The molecule has 6 nitrogen and oxygen atoms in total. The van der Waals surface area contributed by atoms with E-state index < -0.39 is 11.6 Å². The Hall–Kier alpha value is -3.55. The summed E-state index contributed by atoms with van der Waals surface area (Å²) in [6.07, 6.45) is 1.68. The molecule has 8 heteroatoms. The van der Waals surface area contributed by atoms with Gasteiger partial charge in [0.1, 0.15) is 5.82 Å². The molecule has 0 amide bonds. The number of aromatic nitrogens is 4. The molecule has 0 aliphatic carbocycles. The van der Waals surface area contributed by atoms with E-state index in [0.717, 1.165) is 23.1 Å². The molecule has 0 bridgehead atoms. The predicted molar refractivity (Wildman–Crippen MR) is 99.7 cm³/mol. The summed E-state index contributed by atoms with van der Waals surface area (Å²) < 4.78 is 28.2. The summed E-state index contributed by atoms with van der Waals surface area (Å²) in [7, 11) is 1.78. The van der Waals surface area contributed by atoms with Crippen molar-refractivity contribution in [1.29, 1.82) is 0 Å². The van der Waals surface area contributed by atoms with Crippen LogP contribution >= 0.6 is 0 Å². The van der Waals surface area contributed by atoms with Crippen LogP contribution in [0.2, 0.25) is 0 Å². The summed E-state index contributed by atoms with van der Waals surface area (Å²) >= 11 is 0. The monoisotopic (exact) mass is 366 g/mol. The van der Waals surface area contributed by atoms with Crippen LogP contribution in [0.5, 0.6) is 0 Å². The highest BCUT2D eigenvalue weighted by molar-refractivity contribution is 5.87. The third kappa shape index (κ3) is 3.55. The molecule has 4 aromatic rings. The van der Waals surface area contributed by atoms with Crippen LogP contribution in [0, 0.1) is 11.6 Å². The van der Waals surface area contributed by atoms with Crippen molar-refractivity contribution >= 4 is 28.5 Å². The molecule has 136 valence electrons. The number of fused-ring (bicyclic) bond motifs is 1. The Morgan fingerprint density at radius 3 is 2.59 bits per heavy atom. The molecular formula is C19H16F2N6. The van der Waals surface area contributed by atoms with Gasteiger partial charge in [-0.25, -0.2) is 8.78 Å². The highest BCUT2D eigenvalue weighted by atomic mass is 19.2. The molecule has 0 saturated heterocycles. The zero-order valence-corrected chi connectivity index (χ0v) is 14.4. The van der Waals surface area contributed by atoms with Gasteiger partial charge < -0.3 is 10.6 Å². The van der Waals surface area contributed by atoms with Gasteiger partial charge in [-0.05, 0) is 17.7 Å². The zero-order chi connectivity index (χ0) is 18.8. The summed E-state index contributed by atoms with van der Waals surface area (Å²) in [6.45, 7) is 0.576. The minimum atomic E-state index is -0.941. The molecule has 2 N–H and O–H groups in total. The van der Waals surface area contributed by atoms with E-state index in [-0.39, 0.29) is 5.95 Å². The highest BCUT2D eigenvalue weighted by Gasteiger charge is 2.12. The first-order valence-electron chi connectivity index (χ1n) is 8.30. The van der Waals surface area contributed by atoms with Crippen molar-refractivity contribution in [1.82, 2.24) is 19.7 Å². The van der Waals surface area contributed by atoms with E-state index >= 15 is 0 Å². The van der Waals surface area contributed by atoms with Gasteiger partial charge in [-0.2, -0.15) is 15.1 Å². The first-order valence-corrected chi connectivity index (χ1v) is 8.30. The molecule has 0 aliphatic heterocycles. The van der Waals surface area contributed by atoms with Gasteiger partial charge in [0.05, 0.1) is 11.6 Å². The van der Waals surface area contributed by atoms with Gasteiger partial charge >= 0.3 is 0 Å². The Morgan fingerprint density at radius 2 is 1.81 bits per heavy atom. The lowest BCUT2D eigenvalue weighted by atomic mass is 10.2. The van der Waals surface area contributed by atoms with E-state index in [1.54, 1.807) is 17.9 Å². The Kier molecular flexibility index (Phi) is 4.37. The number of nitrogens with zero attached hydrogens (tertiary/aromatic N) is 4. The second kappa shape index (κ2) is 6.99. The van der Waals surface area contributed by atoms with Crippen LogP contribution < -0.4 is 10.6 Å². The largest absolute Gasteiger partial charge is 0.365 e. The molecule has 27 heavy (non-hydrogen) atoms. The van der Waals surface area contributed by atoms with Gasteiger partial charge in [0.15, 0.2) is 17.3 Å². The lowest BCUT2D eigenvalue weighted by Crippen LogP contribution is -2.06. The van der Waals surface area contributed by atoms with Crippen molar-refractivity contribution < 1.29 is 8.78 Å². The van der Waals surface area contributed by atoms with Gasteiger partial charge in [-0.15, -0.1) is 0 Å². The van der Waals surface area contributed by atoms with E-state index in [9.17, 15) is 8.78 Å². The number of rotatable bonds is 5. The average molecular weight is 366 g/mol. The first kappa shape index (κ1) is 16.9. The van der Waals surface area contributed by atoms with Crippen molar-refractivity contribution in [3.05, 3.63) is 71.9 Å². The smallest absolute Gasteiger partial charge is 0.231 e. The maximum absolute atomic E-state index is 13.5. The number of hydrogen-bond acceptors (Lipinski definition) is 5. The Morgan fingerprint density at radius 1 is 1.00 bits per heavy atom. The van der Waals surface area contributed by atoms with Crippen molar-refractivity contribution in [3.8, 4) is 0 Å². The molecule has 0 aliphatic rings. The highest BCUT2D eigenvalue weighted by Crippen LogP contribution is 2.24. The van der Waals surface area contributed by atoms with E-state index in [0.29, 0.717) is 23.7 Å². The molecular weight excluding hydrogens is 350 g/mol. The summed E-state index contributed by atoms with van der Waals surface area (Å²) in [5, 5.41) is 11.2. The molecule has 2 heterocycles. The zero-order valence-electron chi connectivity index (χ0n) is 14.4. The van der Waals surface area contributed by atoms with Crippen molar-refractivity contribution in [2.75, 3.05) is 10.6 Å². The quantitative estimate of drug-likeness (QED) is 0.559. The van der Waals surface area contributed by atoms with Gasteiger partial charge in [0.2, 0.25) is 5.95 Å². The molecule has 2 aromatic carbocycles. The number of halogens is 2. The van der Waals surface area contributed by atoms with Gasteiger partial charge in [0, 0.05) is 25.3 Å². The Balaban J connectivity index is 1.66. The predicted octanol–water partition coefficient (Wildman–Crippen LogP) is 4.00. The van der Waals surface area contributed by atoms with Crippen LogP contribution in [0.15, 0.2) is 54.7 Å². The van der Waals surface area contributed by atoms with Crippen molar-refractivity contribution in [2.24, 2.45) is 7.05 Å². The maximum Gasteiger partial charge on any atom is 0.231 e. The third-order valence-electron chi connectivity index (χ3n) is 4.07. The molecule has 0 atom stereocenters. The lowest BCUT2D eigenvalue weighted by molar-refractivity contribution is 0.509. The number of nitrogens with one attached hydrogen (secondary N) is 2. The summed E-state index contributed by atoms with van der Waals surface area (Å²) in [4.78, 5) is 8.89. The number of hydrogen-bond donors (Lipinski definition) is 2. The van der Waals surface area contributed by atoms with Gasteiger partial charge in [0.25, 0.3) is 0 Å². The van der Waals surface area contributed by atoms with Crippen LogP contribution in [-0.4, -0.2) is 19.7 Å². The minimum absolute atomic E-state index is 0.257. The molecule has 0 saturated carbocycles. The average Bonchev–Trinajstić information content (AvgIpc) is 3.05. The third-order valence-corrected chi connectivity index (χ3v) is 4.07. The molecule has 0 radical (unpaired) electrons. The number of aryl methyl sites for hydroxylation is 1. The van der Waals surface area contributed by atoms with Gasteiger partial charge in [-0.3, -0.25) is 4.68 Å². The second-order valence-corrected chi connectivity index (χ2v) is 5.99. The SMILES string of the molecule is Cn1ncc2c(NCc3ccccc3)nc(Nc3ccc(F)c(F)c3)nc21. The maximum atomic E-state index is 13.5. The second-order valence-electron chi connectivity index (χ2n) is 5.99. The van der Waals surface area contributed by atoms with E-state index in [4.69, 9.17) is 0 Å². The topological polar surface area (TPSA) is 67.7 Å². The van der Waals surface area contributed by atoms with E-state index in [2.05, 4.69) is 25.7 Å². The Labute approximate surface area is 153 Å². The van der Waals surface area contributed by atoms with Gasteiger partial charge in [-0.1, -0.05) is 30.3 Å². The van der Waals surface area contributed by atoms with E-state index in [1.165, 1.54) is 6.07 Å². The van der Waals surface area contributed by atoms with E-state index in [1.807, 2.05) is 30.3 Å². The van der Waals surface area contributed by atoms with Crippen molar-refractivity contribution in [3.63, 3.8) is 0 Å². The fourth-order valence-electron chi connectivity index (χ4n) is 2.70. The fourth-order valence-corrected chi connectivity index (χ4v) is 2.70. The summed E-state index contributed by atoms with van der Waals surface area (Å²) in [5.41, 5.74) is 2.07. The van der Waals surface area contributed by atoms with Crippen LogP contribution in [0.4, 0.5) is 26.2 Å². The van der Waals surface area contributed by atoms with Crippen LogP contribution in [-0.2, 0) is 13.6 Å². The standard InChI is InChI=1S/C19H16F2N6/c1-27-18-14(11-23-27)17(22-10-12-5-3-2-4-6-12)25-19(26-18)24-13-7-8-15(20)16(21)9-13/h2-9,11H,10H2,1H3,(H2,22,24,25,26). The molecule has 2 aromatic heterocycles. The first-order chi connectivity index (χ1) is 13.1. The molecule has 4 rings (SSSR count). The summed E-state index contributed by atoms with van der Waals surface area (Å²) in [6, 6.07) is 13.4. The van der Waals surface area contributed by atoms with Crippen LogP contribution in [0.3, 0.4) is 0 Å². The number of anilines is 3. The minimum Gasteiger partial charge on any atom is -0.365 e. The number of benzene rings is 2. The van der Waals surface area contributed by atoms with Crippen LogP contribution in [0.1, 0.15) is 5.56 Å². The van der Waals surface area contributed by atoms with Crippen molar-refractivity contribution in [2.45, 2.75) is 6.54 Å². The molecule has 0 spiro atoms. The molecule has 0 fully saturated rings. The normalized spacial score (nSPS) is 10.9. The summed E-state index contributed by atoms with van der Waals surface area (Å²) in [5.74, 6) is -0.993. The fraction of sp³-hybridized carbons (Fsp3) is 0.105.